The van der Waals surface area contributed by atoms with E-state index in [1.54, 1.807) is 6.07 Å². The summed E-state index contributed by atoms with van der Waals surface area (Å²) in [7, 11) is 0. The molecule has 2 fully saturated rings. The zero-order valence-electron chi connectivity index (χ0n) is 18.2. The van der Waals surface area contributed by atoms with Crippen molar-refractivity contribution in [3.63, 3.8) is 0 Å². The first-order valence-electron chi connectivity index (χ1n) is 11.1. The fraction of sp³-hybridized carbons (Fsp3) is 0.522. The van der Waals surface area contributed by atoms with Gasteiger partial charge in [0.2, 0.25) is 0 Å². The Morgan fingerprint density at radius 2 is 1.97 bits per heavy atom. The van der Waals surface area contributed by atoms with Crippen molar-refractivity contribution in [2.45, 2.75) is 45.7 Å². The van der Waals surface area contributed by atoms with Gasteiger partial charge in [-0.05, 0) is 63.4 Å². The largest absolute Gasteiger partial charge is 0.355 e. The molecule has 0 bridgehead atoms. The molecular weight excluding hydrogens is 431 g/mol. The van der Waals surface area contributed by atoms with E-state index in [0.717, 1.165) is 41.3 Å². The Morgan fingerprint density at radius 1 is 1.16 bits per heavy atom. The van der Waals surface area contributed by atoms with E-state index in [1.165, 1.54) is 25.9 Å². The van der Waals surface area contributed by atoms with Gasteiger partial charge in [-0.25, -0.2) is 14.6 Å². The molecule has 31 heavy (non-hydrogen) atoms. The number of piperidine rings is 1. The molecule has 164 valence electrons. The number of aryl methyl sites for hydroxylation is 1. The van der Waals surface area contributed by atoms with Crippen LogP contribution in [0.25, 0.3) is 11.2 Å². The van der Waals surface area contributed by atoms with Gasteiger partial charge in [-0.1, -0.05) is 36.2 Å². The van der Waals surface area contributed by atoms with Crippen molar-refractivity contribution in [1.29, 1.82) is 0 Å². The Bertz CT molecular complexity index is 1110. The van der Waals surface area contributed by atoms with Gasteiger partial charge in [-0.3, -0.25) is 4.90 Å². The molecule has 4 heterocycles. The number of halogens is 2. The van der Waals surface area contributed by atoms with Crippen LogP contribution < -0.4 is 4.90 Å². The van der Waals surface area contributed by atoms with E-state index in [2.05, 4.69) is 23.6 Å². The average molecular weight is 459 g/mol. The third kappa shape index (κ3) is 3.79. The highest BCUT2D eigenvalue weighted by Gasteiger charge is 2.33. The van der Waals surface area contributed by atoms with Crippen molar-refractivity contribution in [1.82, 2.24) is 24.6 Å². The fourth-order valence-corrected chi connectivity index (χ4v) is 5.56. The lowest BCUT2D eigenvalue weighted by Crippen LogP contribution is -2.54. The van der Waals surface area contributed by atoms with Crippen LogP contribution in [-0.4, -0.2) is 56.9 Å². The van der Waals surface area contributed by atoms with Crippen LogP contribution in [0.1, 0.15) is 44.0 Å². The zero-order chi connectivity index (χ0) is 21.7. The SMILES string of the molecule is Cc1nn(C(C)c2ccc(Cl)cc2Cl)c2nc(N3CC[C@H](N4CCC4)[C@H](C)C3)cnc12. The third-order valence-corrected chi connectivity index (χ3v) is 7.44. The summed E-state index contributed by atoms with van der Waals surface area (Å²) >= 11 is 12.6. The minimum atomic E-state index is -0.0819. The molecule has 0 amide bonds. The highest BCUT2D eigenvalue weighted by Crippen LogP contribution is 2.32. The second kappa shape index (κ2) is 8.23. The number of nitrogens with zero attached hydrogens (tertiary/aromatic N) is 6. The van der Waals surface area contributed by atoms with Gasteiger partial charge in [0.05, 0.1) is 17.9 Å². The first-order valence-corrected chi connectivity index (χ1v) is 11.8. The van der Waals surface area contributed by atoms with Gasteiger partial charge in [0.15, 0.2) is 5.65 Å². The lowest BCUT2D eigenvalue weighted by Gasteiger charge is -2.46. The summed E-state index contributed by atoms with van der Waals surface area (Å²) in [6.45, 7) is 10.9. The quantitative estimate of drug-likeness (QED) is 0.552. The molecule has 0 N–H and O–H groups in total. The molecule has 3 aromatic rings. The summed E-state index contributed by atoms with van der Waals surface area (Å²) in [4.78, 5) is 14.8. The van der Waals surface area contributed by atoms with E-state index < -0.39 is 0 Å². The van der Waals surface area contributed by atoms with E-state index in [4.69, 9.17) is 38.3 Å². The number of benzene rings is 1. The Kier molecular flexibility index (Phi) is 5.57. The molecule has 8 heteroatoms. The van der Waals surface area contributed by atoms with Crippen molar-refractivity contribution in [2.24, 2.45) is 5.92 Å². The zero-order valence-corrected chi connectivity index (χ0v) is 19.7. The van der Waals surface area contributed by atoms with E-state index in [1.807, 2.05) is 29.9 Å². The summed E-state index contributed by atoms with van der Waals surface area (Å²) in [5, 5.41) is 6.02. The maximum Gasteiger partial charge on any atom is 0.179 e. The van der Waals surface area contributed by atoms with Crippen molar-refractivity contribution in [3.8, 4) is 0 Å². The Labute approximate surface area is 193 Å². The second-order valence-electron chi connectivity index (χ2n) is 8.94. The molecule has 6 nitrogen and oxygen atoms in total. The smallest absolute Gasteiger partial charge is 0.179 e. The van der Waals surface area contributed by atoms with E-state index >= 15 is 0 Å². The minimum Gasteiger partial charge on any atom is -0.355 e. The first-order chi connectivity index (χ1) is 14.9. The number of likely N-dealkylation sites (tertiary alicyclic amines) is 1. The van der Waals surface area contributed by atoms with Gasteiger partial charge < -0.3 is 4.90 Å². The van der Waals surface area contributed by atoms with Gasteiger partial charge in [0.1, 0.15) is 11.3 Å². The molecule has 2 saturated heterocycles. The summed E-state index contributed by atoms with van der Waals surface area (Å²) in [6.07, 6.45) is 4.42. The fourth-order valence-electron chi connectivity index (χ4n) is 4.99. The van der Waals surface area contributed by atoms with E-state index in [0.29, 0.717) is 22.0 Å². The number of hydrogen-bond donors (Lipinski definition) is 0. The highest BCUT2D eigenvalue weighted by atomic mass is 35.5. The van der Waals surface area contributed by atoms with Crippen molar-refractivity contribution in [2.75, 3.05) is 31.1 Å². The lowest BCUT2D eigenvalue weighted by atomic mass is 9.90. The summed E-state index contributed by atoms with van der Waals surface area (Å²) in [5.41, 5.74) is 3.47. The van der Waals surface area contributed by atoms with E-state index in [-0.39, 0.29) is 6.04 Å². The van der Waals surface area contributed by atoms with Crippen molar-refractivity contribution in [3.05, 3.63) is 45.7 Å². The number of rotatable bonds is 4. The maximum atomic E-state index is 6.48. The normalized spacial score (nSPS) is 23.2. The van der Waals surface area contributed by atoms with Crippen LogP contribution in [0.5, 0.6) is 0 Å². The lowest BCUT2D eigenvalue weighted by molar-refractivity contribution is 0.0696. The van der Waals surface area contributed by atoms with Crippen molar-refractivity contribution >= 4 is 40.2 Å². The van der Waals surface area contributed by atoms with Gasteiger partial charge in [0, 0.05) is 29.2 Å². The molecule has 0 aliphatic carbocycles. The standard InChI is InChI=1S/C23H28Cl2N6/c1-14-13-30(10-7-20(14)29-8-4-9-29)21-12-26-22-15(2)28-31(23(22)27-21)16(3)18-6-5-17(24)11-19(18)25/h5-6,11-12,14,16,20H,4,7-10,13H2,1-3H3/t14-,16?,20+/m1/s1. The van der Waals surface area contributed by atoms with Crippen LogP contribution >= 0.6 is 23.2 Å². The van der Waals surface area contributed by atoms with Gasteiger partial charge in [-0.15, -0.1) is 0 Å². The molecule has 2 aromatic heterocycles. The minimum absolute atomic E-state index is 0.0819. The summed E-state index contributed by atoms with van der Waals surface area (Å²) in [6, 6.07) is 6.20. The Hall–Kier alpha value is -1.89. The van der Waals surface area contributed by atoms with Crippen LogP contribution in [0, 0.1) is 12.8 Å². The monoisotopic (exact) mass is 458 g/mol. The molecule has 3 atom stereocenters. The summed E-state index contributed by atoms with van der Waals surface area (Å²) in [5.74, 6) is 1.54. The Morgan fingerprint density at radius 3 is 2.65 bits per heavy atom. The second-order valence-corrected chi connectivity index (χ2v) is 9.78. The first kappa shape index (κ1) is 21.0. The number of fused-ring (bicyclic) bond motifs is 1. The van der Waals surface area contributed by atoms with Crippen LogP contribution in [0.4, 0.5) is 5.82 Å². The van der Waals surface area contributed by atoms with E-state index in [9.17, 15) is 0 Å². The van der Waals surface area contributed by atoms with Gasteiger partial charge in [-0.2, -0.15) is 5.10 Å². The van der Waals surface area contributed by atoms with Crippen molar-refractivity contribution < 1.29 is 0 Å². The third-order valence-electron chi connectivity index (χ3n) is 6.88. The highest BCUT2D eigenvalue weighted by molar-refractivity contribution is 6.35. The molecule has 1 aromatic carbocycles. The number of hydrogen-bond acceptors (Lipinski definition) is 5. The number of aromatic nitrogens is 4. The molecule has 2 aliphatic rings. The topological polar surface area (TPSA) is 50.1 Å². The molecule has 0 saturated carbocycles. The molecule has 2 aliphatic heterocycles. The predicted octanol–water partition coefficient (Wildman–Crippen LogP) is 4.97. The van der Waals surface area contributed by atoms with Gasteiger partial charge in [0.25, 0.3) is 0 Å². The maximum absolute atomic E-state index is 6.48. The van der Waals surface area contributed by atoms with Crippen LogP contribution in [0.3, 0.4) is 0 Å². The van der Waals surface area contributed by atoms with Crippen LogP contribution in [0.15, 0.2) is 24.4 Å². The number of anilines is 1. The average Bonchev–Trinajstić information content (AvgIpc) is 3.04. The molecular formula is C23H28Cl2N6. The Balaban J connectivity index is 1.45. The van der Waals surface area contributed by atoms with Crippen LogP contribution in [0.2, 0.25) is 10.0 Å². The molecule has 1 unspecified atom stereocenters. The predicted molar refractivity (Wildman–Crippen MR) is 126 cm³/mol. The van der Waals surface area contributed by atoms with Crippen LogP contribution in [-0.2, 0) is 0 Å². The molecule has 0 radical (unpaired) electrons. The molecule has 0 spiro atoms. The summed E-state index contributed by atoms with van der Waals surface area (Å²) < 4.78 is 1.94. The molecule has 5 rings (SSSR count). The van der Waals surface area contributed by atoms with Gasteiger partial charge >= 0.3 is 0 Å².